The molecule has 2 heterocycles. The van der Waals surface area contributed by atoms with Crippen LogP contribution >= 0.6 is 0 Å². The Bertz CT molecular complexity index is 524. The monoisotopic (exact) mass is 286 g/mol. The molecule has 0 radical (unpaired) electrons. The summed E-state index contributed by atoms with van der Waals surface area (Å²) < 4.78 is 11.5. The summed E-state index contributed by atoms with van der Waals surface area (Å²) in [6.07, 6.45) is 2.76. The molecule has 0 bridgehead atoms. The minimum atomic E-state index is 0.532. The van der Waals surface area contributed by atoms with Crippen molar-refractivity contribution in [1.82, 2.24) is 4.90 Å². The van der Waals surface area contributed by atoms with Crippen molar-refractivity contribution in [1.29, 1.82) is 5.26 Å². The molecule has 1 aromatic carbocycles. The first-order valence-electron chi connectivity index (χ1n) is 7.72. The Morgan fingerprint density at radius 3 is 3.19 bits per heavy atom. The van der Waals surface area contributed by atoms with Crippen molar-refractivity contribution in [2.24, 2.45) is 5.92 Å². The SMILES string of the molecule is COc1cccc2c1[C@@H]1CCN(CCCC#N)C[C@H]1CO2. The minimum Gasteiger partial charge on any atom is -0.496 e. The molecular weight excluding hydrogens is 264 g/mol. The summed E-state index contributed by atoms with van der Waals surface area (Å²) in [7, 11) is 1.73. The molecule has 2 aliphatic heterocycles. The lowest BCUT2D eigenvalue weighted by Gasteiger charge is -2.42. The lowest BCUT2D eigenvalue weighted by atomic mass is 9.78. The molecule has 1 fully saturated rings. The van der Waals surface area contributed by atoms with Gasteiger partial charge in [0.15, 0.2) is 0 Å². The summed E-state index contributed by atoms with van der Waals surface area (Å²) in [6, 6.07) is 8.30. The summed E-state index contributed by atoms with van der Waals surface area (Å²) in [6.45, 7) is 3.98. The van der Waals surface area contributed by atoms with Gasteiger partial charge < -0.3 is 14.4 Å². The minimum absolute atomic E-state index is 0.532. The molecule has 1 aromatic rings. The second-order valence-electron chi connectivity index (χ2n) is 5.90. The highest BCUT2D eigenvalue weighted by atomic mass is 16.5. The Morgan fingerprint density at radius 1 is 1.48 bits per heavy atom. The molecule has 4 nitrogen and oxygen atoms in total. The van der Waals surface area contributed by atoms with Crippen LogP contribution in [0.1, 0.15) is 30.7 Å². The first-order valence-corrected chi connectivity index (χ1v) is 7.72. The summed E-state index contributed by atoms with van der Waals surface area (Å²) in [4.78, 5) is 2.47. The molecule has 0 unspecified atom stereocenters. The number of methoxy groups -OCH3 is 1. The Balaban J connectivity index is 1.72. The summed E-state index contributed by atoms with van der Waals surface area (Å²) in [5.74, 6) is 3.02. The van der Waals surface area contributed by atoms with Gasteiger partial charge in [0.25, 0.3) is 0 Å². The van der Waals surface area contributed by atoms with Gasteiger partial charge in [0.2, 0.25) is 0 Å². The van der Waals surface area contributed by atoms with E-state index in [1.54, 1.807) is 7.11 Å². The van der Waals surface area contributed by atoms with Crippen molar-refractivity contribution >= 4 is 0 Å². The Kier molecular flexibility index (Phi) is 4.31. The number of unbranched alkanes of at least 4 members (excludes halogenated alkanes) is 1. The molecule has 0 N–H and O–H groups in total. The average molecular weight is 286 g/mol. The molecule has 0 saturated carbocycles. The van der Waals surface area contributed by atoms with Crippen LogP contribution in [0, 0.1) is 17.2 Å². The quantitative estimate of drug-likeness (QED) is 0.798. The number of hydrogen-bond donors (Lipinski definition) is 0. The fourth-order valence-corrected chi connectivity index (χ4v) is 3.63. The number of benzene rings is 1. The van der Waals surface area contributed by atoms with Crippen LogP contribution in [0.5, 0.6) is 11.5 Å². The standard InChI is InChI=1S/C17H22N2O2/c1-20-15-5-4-6-16-17(15)14-7-10-19(9-3-2-8-18)11-13(14)12-21-16/h4-6,13-14H,2-3,7,9-12H2,1H3/t13-,14+/m0/s1. The highest BCUT2D eigenvalue weighted by Crippen LogP contribution is 2.46. The molecule has 1 saturated heterocycles. The topological polar surface area (TPSA) is 45.5 Å². The van der Waals surface area contributed by atoms with Crippen molar-refractivity contribution in [2.75, 3.05) is 33.4 Å². The number of nitrogens with zero attached hydrogens (tertiary/aromatic N) is 2. The second kappa shape index (κ2) is 6.36. The van der Waals surface area contributed by atoms with Gasteiger partial charge in [-0.3, -0.25) is 0 Å². The molecule has 0 spiro atoms. The number of likely N-dealkylation sites (tertiary alicyclic amines) is 1. The third kappa shape index (κ3) is 2.84. The van der Waals surface area contributed by atoms with Gasteiger partial charge in [-0.1, -0.05) is 6.07 Å². The summed E-state index contributed by atoms with van der Waals surface area (Å²) in [5, 5.41) is 8.65. The van der Waals surface area contributed by atoms with Gasteiger partial charge in [0.05, 0.1) is 19.8 Å². The van der Waals surface area contributed by atoms with Crippen molar-refractivity contribution < 1.29 is 9.47 Å². The van der Waals surface area contributed by atoms with Crippen LogP contribution in [0.2, 0.25) is 0 Å². The van der Waals surface area contributed by atoms with E-state index in [-0.39, 0.29) is 0 Å². The number of hydrogen-bond acceptors (Lipinski definition) is 4. The van der Waals surface area contributed by atoms with Crippen LogP contribution in [0.4, 0.5) is 0 Å². The molecular formula is C17H22N2O2. The fourth-order valence-electron chi connectivity index (χ4n) is 3.63. The Morgan fingerprint density at radius 2 is 2.38 bits per heavy atom. The zero-order valence-corrected chi connectivity index (χ0v) is 12.5. The van der Waals surface area contributed by atoms with E-state index in [2.05, 4.69) is 11.0 Å². The zero-order valence-electron chi connectivity index (χ0n) is 12.5. The van der Waals surface area contributed by atoms with Crippen LogP contribution in [0.15, 0.2) is 18.2 Å². The lowest BCUT2D eigenvalue weighted by Crippen LogP contribution is -2.44. The highest BCUT2D eigenvalue weighted by molar-refractivity contribution is 5.49. The van der Waals surface area contributed by atoms with E-state index in [1.165, 1.54) is 5.56 Å². The van der Waals surface area contributed by atoms with Crippen LogP contribution in [-0.4, -0.2) is 38.3 Å². The third-order valence-corrected chi connectivity index (χ3v) is 4.65. The van der Waals surface area contributed by atoms with E-state index in [4.69, 9.17) is 14.7 Å². The molecule has 0 amide bonds. The number of ether oxygens (including phenoxy) is 2. The molecule has 21 heavy (non-hydrogen) atoms. The van der Waals surface area contributed by atoms with E-state index in [1.807, 2.05) is 18.2 Å². The molecule has 0 aliphatic carbocycles. The van der Waals surface area contributed by atoms with Crippen LogP contribution in [0.3, 0.4) is 0 Å². The largest absolute Gasteiger partial charge is 0.496 e. The van der Waals surface area contributed by atoms with Crippen molar-refractivity contribution in [2.45, 2.75) is 25.2 Å². The van der Waals surface area contributed by atoms with Crippen molar-refractivity contribution in [3.63, 3.8) is 0 Å². The molecule has 3 rings (SSSR count). The van der Waals surface area contributed by atoms with Gasteiger partial charge >= 0.3 is 0 Å². The van der Waals surface area contributed by atoms with Gasteiger partial charge in [-0.2, -0.15) is 5.26 Å². The highest BCUT2D eigenvalue weighted by Gasteiger charge is 2.37. The van der Waals surface area contributed by atoms with E-state index in [0.29, 0.717) is 18.3 Å². The van der Waals surface area contributed by atoms with Crippen molar-refractivity contribution in [3.8, 4) is 17.6 Å². The van der Waals surface area contributed by atoms with E-state index >= 15 is 0 Å². The lowest BCUT2D eigenvalue weighted by molar-refractivity contribution is 0.0910. The third-order valence-electron chi connectivity index (χ3n) is 4.65. The van der Waals surface area contributed by atoms with E-state index < -0.39 is 0 Å². The normalized spacial score (nSPS) is 24.4. The zero-order chi connectivity index (χ0) is 14.7. The van der Waals surface area contributed by atoms with E-state index in [9.17, 15) is 0 Å². The molecule has 0 aromatic heterocycles. The average Bonchev–Trinajstić information content (AvgIpc) is 2.54. The Hall–Kier alpha value is -1.73. The van der Waals surface area contributed by atoms with Crippen LogP contribution < -0.4 is 9.47 Å². The van der Waals surface area contributed by atoms with Gasteiger partial charge in [-0.15, -0.1) is 0 Å². The van der Waals surface area contributed by atoms with Gasteiger partial charge in [0, 0.05) is 24.4 Å². The summed E-state index contributed by atoms with van der Waals surface area (Å²) in [5.41, 5.74) is 1.26. The number of nitriles is 1. The first-order chi connectivity index (χ1) is 10.3. The van der Waals surface area contributed by atoms with Gasteiger partial charge in [-0.25, -0.2) is 0 Å². The molecule has 4 heteroatoms. The molecule has 112 valence electrons. The maximum atomic E-state index is 8.65. The van der Waals surface area contributed by atoms with Crippen molar-refractivity contribution in [3.05, 3.63) is 23.8 Å². The smallest absolute Gasteiger partial charge is 0.126 e. The van der Waals surface area contributed by atoms with E-state index in [0.717, 1.165) is 50.6 Å². The number of fused-ring (bicyclic) bond motifs is 3. The predicted molar refractivity (Wildman–Crippen MR) is 80.6 cm³/mol. The first kappa shape index (κ1) is 14.2. The fraction of sp³-hybridized carbons (Fsp3) is 0.588. The maximum absolute atomic E-state index is 8.65. The number of rotatable bonds is 4. The van der Waals surface area contributed by atoms with Crippen LogP contribution in [-0.2, 0) is 0 Å². The predicted octanol–water partition coefficient (Wildman–Crippen LogP) is 2.80. The van der Waals surface area contributed by atoms with Crippen LogP contribution in [0.25, 0.3) is 0 Å². The van der Waals surface area contributed by atoms with Gasteiger partial charge in [-0.05, 0) is 44.0 Å². The Labute approximate surface area is 126 Å². The van der Waals surface area contributed by atoms with Gasteiger partial charge in [0.1, 0.15) is 11.5 Å². The molecule has 2 atom stereocenters. The summed E-state index contributed by atoms with van der Waals surface area (Å²) >= 11 is 0. The number of piperidine rings is 1. The molecule has 2 aliphatic rings. The maximum Gasteiger partial charge on any atom is 0.126 e. The second-order valence-corrected chi connectivity index (χ2v) is 5.90.